The molecule has 4 aromatic rings. The Hall–Kier alpha value is -3.86. The zero-order chi connectivity index (χ0) is 19.3. The number of aromatic amines is 1. The fraction of sp³-hybridized carbons (Fsp3) is 0.0435. The van der Waals surface area contributed by atoms with Gasteiger partial charge in [-0.3, -0.25) is 4.79 Å². The number of amides is 1. The number of hydrogen-bond donors (Lipinski definition) is 3. The van der Waals surface area contributed by atoms with Crippen LogP contribution >= 0.6 is 0 Å². The van der Waals surface area contributed by atoms with Gasteiger partial charge in [0.25, 0.3) is 5.91 Å². The molecule has 0 radical (unpaired) electrons. The molecular weight excluding hydrogens is 350 g/mol. The van der Waals surface area contributed by atoms with Gasteiger partial charge in [-0.15, -0.1) is 0 Å². The predicted molar refractivity (Wildman–Crippen MR) is 110 cm³/mol. The lowest BCUT2D eigenvalue weighted by molar-refractivity contribution is -0.115. The van der Waals surface area contributed by atoms with E-state index in [1.165, 1.54) is 0 Å². The molecule has 0 saturated carbocycles. The van der Waals surface area contributed by atoms with Crippen molar-refractivity contribution in [2.75, 3.05) is 0 Å². The van der Waals surface area contributed by atoms with Gasteiger partial charge in [-0.1, -0.05) is 54.6 Å². The van der Waals surface area contributed by atoms with Crippen LogP contribution in [0.1, 0.15) is 17.0 Å². The van der Waals surface area contributed by atoms with Gasteiger partial charge in [0.2, 0.25) is 0 Å². The van der Waals surface area contributed by atoms with Crippen LogP contribution in [0.4, 0.5) is 0 Å². The number of phenolic OH excluding ortho intramolecular Hbond substituents is 1. The van der Waals surface area contributed by atoms with Gasteiger partial charge in [-0.05, 0) is 41.5 Å². The Morgan fingerprint density at radius 1 is 1.00 bits per heavy atom. The van der Waals surface area contributed by atoms with Crippen molar-refractivity contribution in [3.8, 4) is 5.75 Å². The Balaban J connectivity index is 1.69. The van der Waals surface area contributed by atoms with E-state index in [2.05, 4.69) is 15.3 Å². The van der Waals surface area contributed by atoms with Crippen LogP contribution in [0.2, 0.25) is 0 Å². The molecule has 3 aromatic carbocycles. The van der Waals surface area contributed by atoms with Gasteiger partial charge in [0.15, 0.2) is 0 Å². The Morgan fingerprint density at radius 2 is 1.79 bits per heavy atom. The van der Waals surface area contributed by atoms with Crippen LogP contribution in [0.3, 0.4) is 0 Å². The second kappa shape index (κ2) is 7.80. The van der Waals surface area contributed by atoms with Crippen molar-refractivity contribution in [3.05, 3.63) is 95.8 Å². The van der Waals surface area contributed by atoms with Crippen molar-refractivity contribution in [1.82, 2.24) is 15.3 Å². The van der Waals surface area contributed by atoms with Crippen molar-refractivity contribution in [2.24, 2.45) is 0 Å². The second-order valence-electron chi connectivity index (χ2n) is 6.42. The van der Waals surface area contributed by atoms with E-state index in [0.29, 0.717) is 23.5 Å². The monoisotopic (exact) mass is 369 g/mol. The average Bonchev–Trinajstić information content (AvgIpc) is 3.15. The predicted octanol–water partition coefficient (Wildman–Crippen LogP) is 4.13. The van der Waals surface area contributed by atoms with Crippen LogP contribution < -0.4 is 5.32 Å². The highest BCUT2D eigenvalue weighted by atomic mass is 16.3. The first kappa shape index (κ1) is 17.5. The van der Waals surface area contributed by atoms with Gasteiger partial charge < -0.3 is 15.4 Å². The van der Waals surface area contributed by atoms with E-state index in [4.69, 9.17) is 0 Å². The maximum absolute atomic E-state index is 13.0. The third kappa shape index (κ3) is 3.94. The minimum Gasteiger partial charge on any atom is -0.508 e. The standard InChI is InChI=1S/C23H19N3O2/c27-18-10-6-9-17(13-18)14-19(22-25-20-11-4-5-12-21(20)26-22)23(28)24-15-16-7-2-1-3-8-16/h1-14,27H,15H2,(H,24,28)(H,25,26)/b19-14+. The van der Waals surface area contributed by atoms with Crippen molar-refractivity contribution < 1.29 is 9.90 Å². The molecule has 0 unspecified atom stereocenters. The first-order chi connectivity index (χ1) is 13.7. The molecule has 5 nitrogen and oxygen atoms in total. The number of nitrogens with one attached hydrogen (secondary N) is 2. The van der Waals surface area contributed by atoms with Gasteiger partial charge in [-0.25, -0.2) is 4.98 Å². The number of carbonyl (C=O) groups excluding carboxylic acids is 1. The second-order valence-corrected chi connectivity index (χ2v) is 6.42. The lowest BCUT2D eigenvalue weighted by Gasteiger charge is -2.08. The number of imidazole rings is 1. The third-order valence-electron chi connectivity index (χ3n) is 4.37. The van der Waals surface area contributed by atoms with Crippen LogP contribution in [0, 0.1) is 0 Å². The molecule has 0 atom stereocenters. The molecule has 0 saturated heterocycles. The Morgan fingerprint density at radius 3 is 2.57 bits per heavy atom. The first-order valence-electron chi connectivity index (χ1n) is 8.97. The van der Waals surface area contributed by atoms with Crippen LogP contribution in [-0.4, -0.2) is 21.0 Å². The van der Waals surface area contributed by atoms with Gasteiger partial charge in [0.1, 0.15) is 11.6 Å². The maximum Gasteiger partial charge on any atom is 0.255 e. The minimum absolute atomic E-state index is 0.141. The Kier molecular flexibility index (Phi) is 4.89. The lowest BCUT2D eigenvalue weighted by atomic mass is 10.1. The van der Waals surface area contributed by atoms with Crippen molar-refractivity contribution in [2.45, 2.75) is 6.54 Å². The molecule has 4 rings (SSSR count). The highest BCUT2D eigenvalue weighted by molar-refractivity contribution is 6.23. The molecule has 0 aliphatic heterocycles. The van der Waals surface area contributed by atoms with Gasteiger partial charge in [0.05, 0.1) is 16.6 Å². The molecule has 28 heavy (non-hydrogen) atoms. The SMILES string of the molecule is O=C(NCc1ccccc1)/C(=C/c1cccc(O)c1)c1nc2ccccc2[nH]1. The van der Waals surface area contributed by atoms with E-state index in [1.807, 2.05) is 60.7 Å². The quantitative estimate of drug-likeness (QED) is 0.463. The highest BCUT2D eigenvalue weighted by Crippen LogP contribution is 2.21. The van der Waals surface area contributed by atoms with Crippen LogP contribution in [0.25, 0.3) is 22.7 Å². The summed E-state index contributed by atoms with van der Waals surface area (Å²) in [5, 5.41) is 12.7. The Labute approximate surface area is 162 Å². The molecule has 0 aliphatic rings. The summed E-state index contributed by atoms with van der Waals surface area (Å²) in [7, 11) is 0. The molecule has 0 aliphatic carbocycles. The van der Waals surface area contributed by atoms with E-state index in [1.54, 1.807) is 24.3 Å². The van der Waals surface area contributed by atoms with E-state index < -0.39 is 0 Å². The largest absolute Gasteiger partial charge is 0.508 e. The number of fused-ring (bicyclic) bond motifs is 1. The fourth-order valence-electron chi connectivity index (χ4n) is 2.98. The number of hydrogen-bond acceptors (Lipinski definition) is 3. The van der Waals surface area contributed by atoms with Crippen molar-refractivity contribution in [3.63, 3.8) is 0 Å². The molecule has 5 heteroatoms. The summed E-state index contributed by atoms with van der Waals surface area (Å²) in [6.07, 6.45) is 1.72. The van der Waals surface area contributed by atoms with Crippen LogP contribution in [0.5, 0.6) is 5.75 Å². The van der Waals surface area contributed by atoms with Crippen molar-refractivity contribution in [1.29, 1.82) is 0 Å². The molecule has 0 bridgehead atoms. The molecule has 0 spiro atoms. The first-order valence-corrected chi connectivity index (χ1v) is 8.97. The van der Waals surface area contributed by atoms with E-state index in [9.17, 15) is 9.90 Å². The van der Waals surface area contributed by atoms with Gasteiger partial charge in [-0.2, -0.15) is 0 Å². The molecule has 1 aromatic heterocycles. The Bertz CT molecular complexity index is 1110. The van der Waals surface area contributed by atoms with Gasteiger partial charge >= 0.3 is 0 Å². The molecular formula is C23H19N3O2. The molecule has 138 valence electrons. The number of rotatable bonds is 5. The molecule has 1 heterocycles. The summed E-state index contributed by atoms with van der Waals surface area (Å²) in [4.78, 5) is 20.7. The summed E-state index contributed by atoms with van der Waals surface area (Å²) in [5.41, 5.74) is 3.77. The topological polar surface area (TPSA) is 78.0 Å². The molecule has 0 fully saturated rings. The highest BCUT2D eigenvalue weighted by Gasteiger charge is 2.16. The van der Waals surface area contributed by atoms with Gasteiger partial charge in [0, 0.05) is 6.54 Å². The minimum atomic E-state index is -0.244. The van der Waals surface area contributed by atoms with E-state index in [0.717, 1.165) is 16.6 Å². The number of aromatic hydroxyl groups is 1. The number of H-pyrrole nitrogens is 1. The number of para-hydroxylation sites is 2. The molecule has 3 N–H and O–H groups in total. The van der Waals surface area contributed by atoms with Crippen molar-refractivity contribution >= 4 is 28.6 Å². The average molecular weight is 369 g/mol. The zero-order valence-corrected chi connectivity index (χ0v) is 15.1. The number of benzene rings is 3. The van der Waals surface area contributed by atoms with E-state index in [-0.39, 0.29) is 11.7 Å². The zero-order valence-electron chi connectivity index (χ0n) is 15.1. The number of nitrogens with zero attached hydrogens (tertiary/aromatic N) is 1. The lowest BCUT2D eigenvalue weighted by Crippen LogP contribution is -2.24. The number of aromatic nitrogens is 2. The smallest absolute Gasteiger partial charge is 0.255 e. The summed E-state index contributed by atoms with van der Waals surface area (Å²) >= 11 is 0. The summed E-state index contributed by atoms with van der Waals surface area (Å²) in [5.74, 6) is 0.378. The molecule has 1 amide bonds. The maximum atomic E-state index is 13.0. The van der Waals surface area contributed by atoms with Crippen LogP contribution in [0.15, 0.2) is 78.9 Å². The summed E-state index contributed by atoms with van der Waals surface area (Å²) in [6, 6.07) is 24.1. The normalized spacial score (nSPS) is 11.5. The third-order valence-corrected chi connectivity index (χ3v) is 4.37. The summed E-state index contributed by atoms with van der Waals surface area (Å²) < 4.78 is 0. The summed E-state index contributed by atoms with van der Waals surface area (Å²) in [6.45, 7) is 0.414. The number of phenols is 1. The fourth-order valence-corrected chi connectivity index (χ4v) is 2.98. The van der Waals surface area contributed by atoms with E-state index >= 15 is 0 Å². The van der Waals surface area contributed by atoms with Crippen LogP contribution in [-0.2, 0) is 11.3 Å². The number of carbonyl (C=O) groups is 1.